The minimum absolute atomic E-state index is 0.173. The molecule has 106 valence electrons. The van der Waals surface area contributed by atoms with Crippen LogP contribution < -0.4 is 5.32 Å². The van der Waals surface area contributed by atoms with Gasteiger partial charge in [0, 0.05) is 25.2 Å². The van der Waals surface area contributed by atoms with E-state index in [1.807, 2.05) is 6.07 Å². The van der Waals surface area contributed by atoms with E-state index in [9.17, 15) is 4.39 Å². The molecule has 1 N–H and O–H groups in total. The number of likely N-dealkylation sites (tertiary alicyclic amines) is 1. The fourth-order valence-corrected chi connectivity index (χ4v) is 2.99. The summed E-state index contributed by atoms with van der Waals surface area (Å²) in [4.78, 5) is 2.45. The first-order valence-corrected chi connectivity index (χ1v) is 7.77. The lowest BCUT2D eigenvalue weighted by molar-refractivity contribution is 0.235. The number of halogens is 2. The molecule has 0 radical (unpaired) electrons. The van der Waals surface area contributed by atoms with E-state index in [1.54, 1.807) is 6.07 Å². The molecule has 0 saturated carbocycles. The average molecular weight is 329 g/mol. The van der Waals surface area contributed by atoms with Crippen molar-refractivity contribution in [3.05, 3.63) is 34.1 Å². The number of hydrogen-bond donors (Lipinski definition) is 1. The first-order valence-electron chi connectivity index (χ1n) is 6.98. The number of rotatable bonds is 5. The number of nitrogens with zero attached hydrogens (tertiary/aromatic N) is 1. The van der Waals surface area contributed by atoms with Crippen molar-refractivity contribution >= 4 is 15.9 Å². The highest BCUT2D eigenvalue weighted by atomic mass is 79.9. The molecule has 4 heteroatoms. The van der Waals surface area contributed by atoms with Crippen molar-refractivity contribution in [3.8, 4) is 0 Å². The van der Waals surface area contributed by atoms with E-state index in [4.69, 9.17) is 0 Å². The quantitative estimate of drug-likeness (QED) is 0.889. The molecule has 2 rings (SSSR count). The fraction of sp³-hybridized carbons (Fsp3) is 0.600. The Morgan fingerprint density at radius 1 is 1.47 bits per heavy atom. The Bertz CT molecular complexity index is 423. The molecule has 1 aromatic carbocycles. The van der Waals surface area contributed by atoms with Gasteiger partial charge in [-0.05, 0) is 46.9 Å². The van der Waals surface area contributed by atoms with Crippen LogP contribution in [-0.4, -0.2) is 30.1 Å². The van der Waals surface area contributed by atoms with Crippen LogP contribution in [0.3, 0.4) is 0 Å². The van der Waals surface area contributed by atoms with Gasteiger partial charge >= 0.3 is 0 Å². The van der Waals surface area contributed by atoms with Gasteiger partial charge in [-0.1, -0.05) is 26.0 Å². The standard InChI is InChI=1S/C15H22BrFN2/c1-11(2)18-9-13-6-4-8-19(13)10-12-5-3-7-14(17)15(12)16/h3,5,7,11,13,18H,4,6,8-10H2,1-2H3. The van der Waals surface area contributed by atoms with Gasteiger partial charge in [-0.25, -0.2) is 4.39 Å². The van der Waals surface area contributed by atoms with Crippen molar-refractivity contribution < 1.29 is 4.39 Å². The summed E-state index contributed by atoms with van der Waals surface area (Å²) >= 11 is 3.35. The molecule has 1 heterocycles. The second-order valence-corrected chi connectivity index (χ2v) is 6.34. The van der Waals surface area contributed by atoms with Gasteiger partial charge < -0.3 is 5.32 Å². The Morgan fingerprint density at radius 2 is 2.26 bits per heavy atom. The van der Waals surface area contributed by atoms with E-state index < -0.39 is 0 Å². The van der Waals surface area contributed by atoms with Crippen molar-refractivity contribution in [3.63, 3.8) is 0 Å². The van der Waals surface area contributed by atoms with Crippen molar-refractivity contribution in [2.75, 3.05) is 13.1 Å². The molecule has 1 aliphatic rings. The second-order valence-electron chi connectivity index (χ2n) is 5.54. The van der Waals surface area contributed by atoms with Crippen LogP contribution in [0.1, 0.15) is 32.3 Å². The molecule has 1 saturated heterocycles. The lowest BCUT2D eigenvalue weighted by Crippen LogP contribution is -2.39. The van der Waals surface area contributed by atoms with Crippen molar-refractivity contribution in [1.82, 2.24) is 10.2 Å². The maximum atomic E-state index is 13.5. The van der Waals surface area contributed by atoms with Crippen LogP contribution in [0, 0.1) is 5.82 Å². The van der Waals surface area contributed by atoms with E-state index in [1.165, 1.54) is 18.9 Å². The van der Waals surface area contributed by atoms with Crippen LogP contribution in [0.15, 0.2) is 22.7 Å². The number of hydrogen-bond acceptors (Lipinski definition) is 2. The van der Waals surface area contributed by atoms with Crippen molar-refractivity contribution in [2.24, 2.45) is 0 Å². The first kappa shape index (κ1) is 14.9. The van der Waals surface area contributed by atoms with E-state index in [0.29, 0.717) is 16.6 Å². The molecule has 0 aromatic heterocycles. The topological polar surface area (TPSA) is 15.3 Å². The normalized spacial score (nSPS) is 20.4. The summed E-state index contributed by atoms with van der Waals surface area (Å²) < 4.78 is 14.1. The molecular formula is C15H22BrFN2. The Balaban J connectivity index is 1.99. The Morgan fingerprint density at radius 3 is 3.00 bits per heavy atom. The van der Waals surface area contributed by atoms with Crippen LogP contribution in [0.4, 0.5) is 4.39 Å². The van der Waals surface area contributed by atoms with Crippen LogP contribution in [0.5, 0.6) is 0 Å². The first-order chi connectivity index (χ1) is 9.08. The molecule has 1 unspecified atom stereocenters. The highest BCUT2D eigenvalue weighted by Crippen LogP contribution is 2.25. The molecule has 0 bridgehead atoms. The summed E-state index contributed by atoms with van der Waals surface area (Å²) in [5.41, 5.74) is 1.04. The highest BCUT2D eigenvalue weighted by molar-refractivity contribution is 9.10. The lowest BCUT2D eigenvalue weighted by Gasteiger charge is -2.26. The van der Waals surface area contributed by atoms with Gasteiger partial charge in [0.05, 0.1) is 4.47 Å². The van der Waals surface area contributed by atoms with Crippen LogP contribution in [-0.2, 0) is 6.54 Å². The maximum absolute atomic E-state index is 13.5. The molecule has 0 spiro atoms. The van der Waals surface area contributed by atoms with Crippen molar-refractivity contribution in [2.45, 2.75) is 45.3 Å². The zero-order valence-electron chi connectivity index (χ0n) is 11.6. The van der Waals surface area contributed by atoms with Crippen molar-refractivity contribution in [1.29, 1.82) is 0 Å². The molecule has 1 atom stereocenters. The van der Waals surface area contributed by atoms with Gasteiger partial charge in [0.1, 0.15) is 5.82 Å². The third-order valence-electron chi connectivity index (χ3n) is 3.67. The predicted octanol–water partition coefficient (Wildman–Crippen LogP) is 3.55. The van der Waals surface area contributed by atoms with Crippen LogP contribution in [0.2, 0.25) is 0 Å². The minimum atomic E-state index is -0.173. The van der Waals surface area contributed by atoms with E-state index in [2.05, 4.69) is 40.0 Å². The Labute approximate surface area is 123 Å². The zero-order valence-corrected chi connectivity index (χ0v) is 13.2. The Hall–Kier alpha value is -0.450. The molecule has 0 amide bonds. The zero-order chi connectivity index (χ0) is 13.8. The smallest absolute Gasteiger partial charge is 0.137 e. The minimum Gasteiger partial charge on any atom is -0.313 e. The maximum Gasteiger partial charge on any atom is 0.137 e. The highest BCUT2D eigenvalue weighted by Gasteiger charge is 2.25. The number of benzene rings is 1. The molecule has 19 heavy (non-hydrogen) atoms. The number of nitrogens with one attached hydrogen (secondary N) is 1. The summed E-state index contributed by atoms with van der Waals surface area (Å²) in [5, 5.41) is 3.50. The van der Waals surface area contributed by atoms with E-state index >= 15 is 0 Å². The Kier molecular flexibility index (Phi) is 5.37. The molecule has 1 fully saturated rings. The van der Waals surface area contributed by atoms with Gasteiger partial charge in [0.2, 0.25) is 0 Å². The molecule has 2 nitrogen and oxygen atoms in total. The summed E-state index contributed by atoms with van der Waals surface area (Å²) in [6.45, 7) is 7.28. The molecule has 1 aromatic rings. The molecule has 1 aliphatic heterocycles. The molecule has 0 aliphatic carbocycles. The third-order valence-corrected chi connectivity index (χ3v) is 4.55. The molecular weight excluding hydrogens is 307 g/mol. The van der Waals surface area contributed by atoms with Gasteiger partial charge in [0.15, 0.2) is 0 Å². The summed E-state index contributed by atoms with van der Waals surface area (Å²) in [5.74, 6) is -0.173. The summed E-state index contributed by atoms with van der Waals surface area (Å²) in [6, 6.07) is 6.36. The van der Waals surface area contributed by atoms with Gasteiger partial charge in [-0.2, -0.15) is 0 Å². The third kappa shape index (κ3) is 4.01. The van der Waals surface area contributed by atoms with Gasteiger partial charge in [-0.15, -0.1) is 0 Å². The SMILES string of the molecule is CC(C)NCC1CCCN1Cc1cccc(F)c1Br. The van der Waals surface area contributed by atoms with Crippen LogP contribution in [0.25, 0.3) is 0 Å². The van der Waals surface area contributed by atoms with E-state index in [0.717, 1.165) is 25.2 Å². The summed E-state index contributed by atoms with van der Waals surface area (Å²) in [6.07, 6.45) is 2.46. The van der Waals surface area contributed by atoms with Gasteiger partial charge in [0.25, 0.3) is 0 Å². The monoisotopic (exact) mass is 328 g/mol. The second kappa shape index (κ2) is 6.82. The van der Waals surface area contributed by atoms with Gasteiger partial charge in [-0.3, -0.25) is 4.90 Å². The van der Waals surface area contributed by atoms with Crippen LogP contribution >= 0.6 is 15.9 Å². The summed E-state index contributed by atoms with van der Waals surface area (Å²) in [7, 11) is 0. The predicted molar refractivity (Wildman–Crippen MR) is 80.7 cm³/mol. The fourth-order valence-electron chi connectivity index (χ4n) is 2.60. The lowest BCUT2D eigenvalue weighted by atomic mass is 10.1. The van der Waals surface area contributed by atoms with E-state index in [-0.39, 0.29) is 5.82 Å². The average Bonchev–Trinajstić information content (AvgIpc) is 2.80. The largest absolute Gasteiger partial charge is 0.313 e.